The third-order valence-electron chi connectivity index (χ3n) is 5.05. The fraction of sp³-hybridized carbons (Fsp3) is 0.706. The summed E-state index contributed by atoms with van der Waals surface area (Å²) in [6.07, 6.45) is 4.89. The van der Waals surface area contributed by atoms with Crippen molar-refractivity contribution in [3.63, 3.8) is 0 Å². The molecular weight excluding hydrogens is 260 g/mol. The van der Waals surface area contributed by atoms with Gasteiger partial charge in [-0.3, -0.25) is 4.90 Å². The van der Waals surface area contributed by atoms with Crippen LogP contribution in [0.3, 0.4) is 0 Å². The van der Waals surface area contributed by atoms with Gasteiger partial charge in [0.1, 0.15) is 5.82 Å². The van der Waals surface area contributed by atoms with Crippen molar-refractivity contribution in [2.75, 3.05) is 31.1 Å². The van der Waals surface area contributed by atoms with Crippen LogP contribution in [0.1, 0.15) is 43.5 Å². The predicted molar refractivity (Wildman–Crippen MR) is 87.7 cm³/mol. The Morgan fingerprint density at radius 2 is 2.10 bits per heavy atom. The van der Waals surface area contributed by atoms with Crippen LogP contribution in [-0.2, 0) is 19.4 Å². The van der Waals surface area contributed by atoms with Crippen molar-refractivity contribution < 1.29 is 0 Å². The number of nitrogens with two attached hydrogens (primary N) is 1. The number of likely N-dealkylation sites (N-methyl/N-ethyl adjacent to an activating group) is 1. The second-order valence-corrected chi connectivity index (χ2v) is 6.41. The van der Waals surface area contributed by atoms with E-state index in [1.54, 1.807) is 0 Å². The Morgan fingerprint density at radius 1 is 1.29 bits per heavy atom. The van der Waals surface area contributed by atoms with Crippen molar-refractivity contribution in [3.8, 4) is 0 Å². The molecule has 0 aromatic carbocycles. The highest BCUT2D eigenvalue weighted by atomic mass is 15.3. The van der Waals surface area contributed by atoms with Gasteiger partial charge in [0.05, 0.1) is 0 Å². The summed E-state index contributed by atoms with van der Waals surface area (Å²) in [5.41, 5.74) is 9.99. The SMILES string of the molecule is CCN1CCN(c2nc3c(cc2CN)CCCC3)CC1C. The minimum absolute atomic E-state index is 0.590. The molecule has 1 saturated heterocycles. The number of rotatable bonds is 3. The Morgan fingerprint density at radius 3 is 2.81 bits per heavy atom. The lowest BCUT2D eigenvalue weighted by Gasteiger charge is -2.40. The molecule has 2 aliphatic rings. The molecule has 1 aromatic rings. The van der Waals surface area contributed by atoms with Crippen LogP contribution < -0.4 is 10.6 Å². The highest BCUT2D eigenvalue weighted by molar-refractivity contribution is 5.51. The van der Waals surface area contributed by atoms with E-state index in [1.165, 1.54) is 36.1 Å². The minimum atomic E-state index is 0.590. The van der Waals surface area contributed by atoms with E-state index < -0.39 is 0 Å². The Kier molecular flexibility index (Phi) is 4.45. The highest BCUT2D eigenvalue weighted by Crippen LogP contribution is 2.28. The maximum atomic E-state index is 6.00. The van der Waals surface area contributed by atoms with Crippen LogP contribution in [-0.4, -0.2) is 42.1 Å². The van der Waals surface area contributed by atoms with Gasteiger partial charge in [0, 0.05) is 43.5 Å². The van der Waals surface area contributed by atoms with Crippen LogP contribution in [0.25, 0.3) is 0 Å². The molecule has 2 N–H and O–H groups in total. The van der Waals surface area contributed by atoms with Gasteiger partial charge in [0.25, 0.3) is 0 Å². The molecule has 0 amide bonds. The minimum Gasteiger partial charge on any atom is -0.353 e. The Hall–Kier alpha value is -1.13. The van der Waals surface area contributed by atoms with Crippen molar-refractivity contribution in [1.82, 2.24) is 9.88 Å². The molecule has 1 aromatic heterocycles. The van der Waals surface area contributed by atoms with E-state index in [1.807, 2.05) is 0 Å². The van der Waals surface area contributed by atoms with E-state index in [4.69, 9.17) is 10.7 Å². The molecule has 4 nitrogen and oxygen atoms in total. The van der Waals surface area contributed by atoms with Crippen LogP contribution in [0.4, 0.5) is 5.82 Å². The zero-order chi connectivity index (χ0) is 14.8. The van der Waals surface area contributed by atoms with E-state index in [0.29, 0.717) is 12.6 Å². The molecule has 4 heteroatoms. The summed E-state index contributed by atoms with van der Waals surface area (Å²) in [4.78, 5) is 10.0. The summed E-state index contributed by atoms with van der Waals surface area (Å²) in [6.45, 7) is 9.54. The first kappa shape index (κ1) is 14.8. The Bertz CT molecular complexity index is 500. The van der Waals surface area contributed by atoms with E-state index in [-0.39, 0.29) is 0 Å². The molecule has 2 heterocycles. The fourth-order valence-electron chi connectivity index (χ4n) is 3.75. The highest BCUT2D eigenvalue weighted by Gasteiger charge is 2.25. The topological polar surface area (TPSA) is 45.4 Å². The van der Waals surface area contributed by atoms with E-state index in [9.17, 15) is 0 Å². The molecule has 3 rings (SSSR count). The lowest BCUT2D eigenvalue weighted by Crippen LogP contribution is -2.52. The molecule has 116 valence electrons. The number of hydrogen-bond acceptors (Lipinski definition) is 4. The molecule has 0 bridgehead atoms. The van der Waals surface area contributed by atoms with Crippen LogP contribution in [0.5, 0.6) is 0 Å². The van der Waals surface area contributed by atoms with E-state index >= 15 is 0 Å². The fourth-order valence-corrected chi connectivity index (χ4v) is 3.75. The molecule has 1 fully saturated rings. The van der Waals surface area contributed by atoms with Gasteiger partial charge in [0.2, 0.25) is 0 Å². The zero-order valence-corrected chi connectivity index (χ0v) is 13.4. The van der Waals surface area contributed by atoms with Gasteiger partial charge < -0.3 is 10.6 Å². The molecule has 21 heavy (non-hydrogen) atoms. The predicted octanol–water partition coefficient (Wildman–Crippen LogP) is 1.95. The number of fused-ring (bicyclic) bond motifs is 1. The number of piperazine rings is 1. The van der Waals surface area contributed by atoms with Gasteiger partial charge in [-0.25, -0.2) is 4.98 Å². The summed E-state index contributed by atoms with van der Waals surface area (Å²) in [7, 11) is 0. The molecule has 1 unspecified atom stereocenters. The van der Waals surface area contributed by atoms with Crippen LogP contribution >= 0.6 is 0 Å². The average Bonchev–Trinajstić information content (AvgIpc) is 2.53. The normalized spacial score (nSPS) is 23.2. The van der Waals surface area contributed by atoms with Crippen LogP contribution in [0.15, 0.2) is 6.07 Å². The third kappa shape index (κ3) is 2.92. The van der Waals surface area contributed by atoms with Gasteiger partial charge in [-0.1, -0.05) is 6.92 Å². The largest absolute Gasteiger partial charge is 0.353 e. The van der Waals surface area contributed by atoms with Crippen molar-refractivity contribution in [1.29, 1.82) is 0 Å². The molecule has 0 saturated carbocycles. The van der Waals surface area contributed by atoms with Crippen molar-refractivity contribution in [2.24, 2.45) is 5.73 Å². The summed E-state index contributed by atoms with van der Waals surface area (Å²) in [5, 5.41) is 0. The molecule has 1 aliphatic heterocycles. The monoisotopic (exact) mass is 288 g/mol. The molecule has 0 spiro atoms. The first-order valence-corrected chi connectivity index (χ1v) is 8.43. The zero-order valence-electron chi connectivity index (χ0n) is 13.4. The van der Waals surface area contributed by atoms with Gasteiger partial charge in [-0.05, 0) is 50.8 Å². The van der Waals surface area contributed by atoms with Crippen LogP contribution in [0.2, 0.25) is 0 Å². The first-order valence-electron chi connectivity index (χ1n) is 8.43. The average molecular weight is 288 g/mol. The van der Waals surface area contributed by atoms with E-state index in [0.717, 1.165) is 38.4 Å². The lowest BCUT2D eigenvalue weighted by atomic mass is 9.94. The van der Waals surface area contributed by atoms with Crippen molar-refractivity contribution in [2.45, 2.75) is 52.1 Å². The van der Waals surface area contributed by atoms with Gasteiger partial charge in [0.15, 0.2) is 0 Å². The summed E-state index contributed by atoms with van der Waals surface area (Å²) in [5.74, 6) is 1.15. The van der Waals surface area contributed by atoms with Gasteiger partial charge >= 0.3 is 0 Å². The Balaban J connectivity index is 1.87. The Labute approximate surface area is 128 Å². The summed E-state index contributed by atoms with van der Waals surface area (Å²) < 4.78 is 0. The smallest absolute Gasteiger partial charge is 0.133 e. The van der Waals surface area contributed by atoms with E-state index in [2.05, 4.69) is 29.7 Å². The van der Waals surface area contributed by atoms with Crippen molar-refractivity contribution >= 4 is 5.82 Å². The van der Waals surface area contributed by atoms with Gasteiger partial charge in [-0.15, -0.1) is 0 Å². The standard InChI is InChI=1S/C17H28N4/c1-3-20-8-9-21(12-13(20)2)17-15(11-18)10-14-6-4-5-7-16(14)19-17/h10,13H,3-9,11-12,18H2,1-2H3. The van der Waals surface area contributed by atoms with Gasteiger partial charge in [-0.2, -0.15) is 0 Å². The number of pyridine rings is 1. The summed E-state index contributed by atoms with van der Waals surface area (Å²) in [6, 6.07) is 2.92. The molecule has 1 atom stereocenters. The summed E-state index contributed by atoms with van der Waals surface area (Å²) >= 11 is 0. The van der Waals surface area contributed by atoms with Crippen LogP contribution in [0, 0.1) is 0 Å². The lowest BCUT2D eigenvalue weighted by molar-refractivity contribution is 0.199. The second-order valence-electron chi connectivity index (χ2n) is 6.41. The maximum Gasteiger partial charge on any atom is 0.133 e. The quantitative estimate of drug-likeness (QED) is 0.923. The number of anilines is 1. The molecule has 0 radical (unpaired) electrons. The molecule has 1 aliphatic carbocycles. The number of aromatic nitrogens is 1. The third-order valence-corrected chi connectivity index (χ3v) is 5.05. The number of hydrogen-bond donors (Lipinski definition) is 1. The first-order chi connectivity index (χ1) is 10.2. The number of nitrogens with zero attached hydrogens (tertiary/aromatic N) is 3. The molecular formula is C17H28N4. The second kappa shape index (κ2) is 6.32. The van der Waals surface area contributed by atoms with Crippen molar-refractivity contribution in [3.05, 3.63) is 22.9 Å². The maximum absolute atomic E-state index is 6.00. The number of aryl methyl sites for hydroxylation is 2.